The molecule has 1 aromatic carbocycles. The number of morpholine rings is 1. The van der Waals surface area contributed by atoms with Gasteiger partial charge in [0.25, 0.3) is 0 Å². The molecule has 1 atom stereocenters. The first kappa shape index (κ1) is 19.9. The number of carbonyl (C=O) groups is 1. The van der Waals surface area contributed by atoms with Gasteiger partial charge >= 0.3 is 11.5 Å². The van der Waals surface area contributed by atoms with Crippen molar-refractivity contribution in [3.63, 3.8) is 0 Å². The minimum Gasteiger partial charge on any atom is -0.478 e. The van der Waals surface area contributed by atoms with Gasteiger partial charge in [0.05, 0.1) is 50.2 Å². The number of H-pyrrole nitrogens is 1. The van der Waals surface area contributed by atoms with Crippen LogP contribution in [0.3, 0.4) is 0 Å². The lowest BCUT2D eigenvalue weighted by Gasteiger charge is -2.24. The second-order valence-corrected chi connectivity index (χ2v) is 7.50. The van der Waals surface area contributed by atoms with Gasteiger partial charge < -0.3 is 15.2 Å². The van der Waals surface area contributed by atoms with Crippen LogP contribution in [0.4, 0.5) is 11.5 Å². The zero-order valence-corrected chi connectivity index (χ0v) is 17.0. The van der Waals surface area contributed by atoms with Crippen LogP contribution >= 0.6 is 0 Å². The zero-order chi connectivity index (χ0) is 21.3. The molecule has 8 nitrogen and oxygen atoms in total. The van der Waals surface area contributed by atoms with E-state index < -0.39 is 5.97 Å². The van der Waals surface area contributed by atoms with Crippen molar-refractivity contribution in [3.05, 3.63) is 69.6 Å². The Kier molecular flexibility index (Phi) is 5.41. The molecule has 3 heterocycles. The monoisotopic (exact) mass is 409 g/mol. The number of rotatable bonds is 5. The fraction of sp³-hybridized carbons (Fsp3) is 0.318. The molecule has 1 fully saturated rings. The maximum absolute atomic E-state index is 12.9. The number of ether oxygens (including phenoxy) is 1. The minimum absolute atomic E-state index is 0.117. The lowest BCUT2D eigenvalue weighted by Crippen LogP contribution is -2.41. The highest BCUT2D eigenvalue weighted by atomic mass is 16.5. The number of carboxylic acids is 1. The Labute approximate surface area is 173 Å². The molecule has 1 aliphatic rings. The van der Waals surface area contributed by atoms with E-state index in [1.807, 2.05) is 19.9 Å². The first-order chi connectivity index (χ1) is 14.4. The number of benzene rings is 1. The van der Waals surface area contributed by atoms with Crippen LogP contribution in [0.1, 0.15) is 34.5 Å². The van der Waals surface area contributed by atoms with Gasteiger partial charge in [-0.1, -0.05) is 12.1 Å². The van der Waals surface area contributed by atoms with Gasteiger partial charge in [0, 0.05) is 11.3 Å². The van der Waals surface area contributed by atoms with Gasteiger partial charge in [-0.3, -0.25) is 9.69 Å². The van der Waals surface area contributed by atoms with E-state index in [4.69, 9.17) is 4.74 Å². The quantitative estimate of drug-likeness (QED) is 0.670. The van der Waals surface area contributed by atoms with Gasteiger partial charge in [-0.15, -0.1) is 0 Å². The van der Waals surface area contributed by atoms with Gasteiger partial charge in [0.15, 0.2) is 0 Å². The molecule has 4 rings (SSSR count). The summed E-state index contributed by atoms with van der Waals surface area (Å²) in [5.74, 6) is -0.233. The van der Waals surface area contributed by atoms with Gasteiger partial charge in [-0.2, -0.15) is 4.40 Å². The highest BCUT2D eigenvalue weighted by molar-refractivity contribution is 5.94. The van der Waals surface area contributed by atoms with E-state index in [0.717, 1.165) is 16.9 Å². The fourth-order valence-corrected chi connectivity index (χ4v) is 3.82. The summed E-state index contributed by atoms with van der Waals surface area (Å²) in [5, 5.41) is 12.8. The standard InChI is InChI=1S/C22H24N4O4/c1-14-11-17(15(2)23-18-6-4-3-5-16(18)22(28)29)21-24-19(12-20(27)26(21)13-14)25-7-9-30-10-8-25/h3-6,11-13,15,23H,7-10H2,1-2H3,(H,28,29)/p+1/t15-/m1/s1. The average Bonchev–Trinajstić information content (AvgIpc) is 2.74. The van der Waals surface area contributed by atoms with Crippen LogP contribution in [0, 0.1) is 6.92 Å². The minimum atomic E-state index is -0.989. The first-order valence-corrected chi connectivity index (χ1v) is 9.95. The van der Waals surface area contributed by atoms with E-state index in [1.165, 1.54) is 0 Å². The van der Waals surface area contributed by atoms with Crippen LogP contribution < -0.4 is 20.8 Å². The van der Waals surface area contributed by atoms with Gasteiger partial charge in [-0.05, 0) is 37.6 Å². The van der Waals surface area contributed by atoms with Crippen molar-refractivity contribution >= 4 is 23.1 Å². The maximum Gasteiger partial charge on any atom is 0.337 e. The Morgan fingerprint density at radius 2 is 1.97 bits per heavy atom. The molecule has 0 saturated carbocycles. The second-order valence-electron chi connectivity index (χ2n) is 7.50. The third-order valence-electron chi connectivity index (χ3n) is 5.32. The molecule has 1 saturated heterocycles. The number of aryl methyl sites for hydroxylation is 1. The molecular weight excluding hydrogens is 384 g/mol. The molecule has 0 radical (unpaired) electrons. The van der Waals surface area contributed by atoms with Crippen LogP contribution in [0.5, 0.6) is 0 Å². The van der Waals surface area contributed by atoms with E-state index >= 15 is 0 Å². The molecule has 0 unspecified atom stereocenters. The molecule has 3 N–H and O–H groups in total. The number of fused-ring (bicyclic) bond motifs is 1. The topological polar surface area (TPSA) is 97.4 Å². The Morgan fingerprint density at radius 3 is 2.70 bits per heavy atom. The number of pyridine rings is 1. The van der Waals surface area contributed by atoms with E-state index in [1.54, 1.807) is 40.9 Å². The largest absolute Gasteiger partial charge is 0.478 e. The predicted molar refractivity (Wildman–Crippen MR) is 113 cm³/mol. The lowest BCUT2D eigenvalue weighted by molar-refractivity contribution is -0.337. The van der Waals surface area contributed by atoms with Crippen molar-refractivity contribution in [3.8, 4) is 0 Å². The van der Waals surface area contributed by atoms with Crippen LogP contribution in [0.2, 0.25) is 0 Å². The molecule has 3 aromatic rings. The molecule has 0 spiro atoms. The number of anilines is 2. The number of nitrogens with one attached hydrogen (secondary N) is 2. The summed E-state index contributed by atoms with van der Waals surface area (Å²) in [4.78, 5) is 29.9. The third-order valence-corrected chi connectivity index (χ3v) is 5.32. The summed E-state index contributed by atoms with van der Waals surface area (Å²) in [6, 6.07) is 10.2. The molecule has 30 heavy (non-hydrogen) atoms. The zero-order valence-electron chi connectivity index (χ0n) is 17.0. The van der Waals surface area contributed by atoms with Crippen molar-refractivity contribution in [1.82, 2.24) is 4.40 Å². The van der Waals surface area contributed by atoms with E-state index in [-0.39, 0.29) is 17.2 Å². The molecule has 2 aromatic heterocycles. The SMILES string of the molecule is Cc1cc([C@@H](C)Nc2ccccc2C(=O)O)c2[nH+]c(N3CCOCC3)cc(=O)n2c1. The Balaban J connectivity index is 1.78. The summed E-state index contributed by atoms with van der Waals surface area (Å²) < 4.78 is 7.02. The highest BCUT2D eigenvalue weighted by Gasteiger charge is 2.23. The molecule has 0 amide bonds. The number of aromatic amines is 1. The highest BCUT2D eigenvalue weighted by Crippen LogP contribution is 2.25. The summed E-state index contributed by atoms with van der Waals surface area (Å²) in [5.41, 5.74) is 3.12. The summed E-state index contributed by atoms with van der Waals surface area (Å²) in [7, 11) is 0. The van der Waals surface area contributed by atoms with Crippen LogP contribution in [0.25, 0.3) is 5.65 Å². The Bertz CT molecular complexity index is 1150. The first-order valence-electron chi connectivity index (χ1n) is 9.95. The van der Waals surface area contributed by atoms with Crippen molar-refractivity contribution < 1.29 is 19.6 Å². The number of aromatic carboxylic acids is 1. The molecule has 0 bridgehead atoms. The molecular formula is C22H25N4O4+. The van der Waals surface area contributed by atoms with Crippen LogP contribution in [0.15, 0.2) is 47.4 Å². The summed E-state index contributed by atoms with van der Waals surface area (Å²) >= 11 is 0. The average molecular weight is 409 g/mol. The van der Waals surface area contributed by atoms with E-state index in [0.29, 0.717) is 37.6 Å². The number of aromatic nitrogens is 2. The molecule has 156 valence electrons. The van der Waals surface area contributed by atoms with Crippen molar-refractivity contribution in [2.45, 2.75) is 19.9 Å². The lowest BCUT2D eigenvalue weighted by atomic mass is 10.1. The maximum atomic E-state index is 12.9. The van der Waals surface area contributed by atoms with Gasteiger partial charge in [0.1, 0.15) is 0 Å². The van der Waals surface area contributed by atoms with Gasteiger partial charge in [0.2, 0.25) is 11.5 Å². The van der Waals surface area contributed by atoms with Crippen molar-refractivity contribution in [2.24, 2.45) is 0 Å². The number of carboxylic acid groups (broad SMARTS) is 1. The summed E-state index contributed by atoms with van der Waals surface area (Å²) in [6.07, 6.45) is 1.80. The van der Waals surface area contributed by atoms with E-state index in [2.05, 4.69) is 15.2 Å². The second kappa shape index (κ2) is 8.16. The molecule has 1 aliphatic heterocycles. The van der Waals surface area contributed by atoms with Crippen LogP contribution in [-0.4, -0.2) is 41.8 Å². The van der Waals surface area contributed by atoms with Crippen LogP contribution in [-0.2, 0) is 4.74 Å². The number of nitrogens with zero attached hydrogens (tertiary/aromatic N) is 2. The van der Waals surface area contributed by atoms with Gasteiger partial charge in [-0.25, -0.2) is 9.78 Å². The Morgan fingerprint density at radius 1 is 1.23 bits per heavy atom. The fourth-order valence-electron chi connectivity index (χ4n) is 3.82. The molecule has 8 heteroatoms. The number of hydrogen-bond donors (Lipinski definition) is 2. The predicted octanol–water partition coefficient (Wildman–Crippen LogP) is 2.13. The normalized spacial score (nSPS) is 15.2. The Hall–Kier alpha value is -3.39. The number of para-hydroxylation sites is 1. The molecule has 0 aliphatic carbocycles. The third kappa shape index (κ3) is 3.86. The summed E-state index contributed by atoms with van der Waals surface area (Å²) in [6.45, 7) is 6.56. The van der Waals surface area contributed by atoms with E-state index in [9.17, 15) is 14.7 Å². The number of hydrogen-bond acceptors (Lipinski definition) is 5. The smallest absolute Gasteiger partial charge is 0.337 e. The van der Waals surface area contributed by atoms with Crippen molar-refractivity contribution in [1.29, 1.82) is 0 Å². The van der Waals surface area contributed by atoms with Crippen molar-refractivity contribution in [2.75, 3.05) is 36.5 Å².